The minimum absolute atomic E-state index is 0.0425. The van der Waals surface area contributed by atoms with Crippen molar-refractivity contribution in [2.75, 3.05) is 40.4 Å². The molecule has 1 atom stereocenters. The van der Waals surface area contributed by atoms with Crippen molar-refractivity contribution in [2.24, 2.45) is 5.92 Å². The summed E-state index contributed by atoms with van der Waals surface area (Å²) in [6.45, 7) is 6.39. The minimum atomic E-state index is 0.0425. The first-order valence-electron chi connectivity index (χ1n) is 10.9. The lowest BCUT2D eigenvalue weighted by Crippen LogP contribution is -2.38. The second kappa shape index (κ2) is 9.94. The summed E-state index contributed by atoms with van der Waals surface area (Å²) in [5.74, 6) is 1.52. The highest BCUT2D eigenvalue weighted by Crippen LogP contribution is 2.30. The Morgan fingerprint density at radius 3 is 2.30 bits per heavy atom. The smallest absolute Gasteiger partial charge is 0.167 e. The van der Waals surface area contributed by atoms with Crippen LogP contribution in [-0.4, -0.2) is 56.0 Å². The Balaban J connectivity index is 1.36. The Labute approximate surface area is 183 Å². The van der Waals surface area contributed by atoms with Crippen LogP contribution >= 0.6 is 11.3 Å². The quantitative estimate of drug-likeness (QED) is 0.581. The summed E-state index contributed by atoms with van der Waals surface area (Å²) < 4.78 is 10.7. The number of Topliss-reactive ketones (excluding diaryl/α,β-unsaturated/α-hetero) is 1. The lowest BCUT2D eigenvalue weighted by atomic mass is 9.90. The summed E-state index contributed by atoms with van der Waals surface area (Å²) in [6, 6.07) is 10.0. The van der Waals surface area contributed by atoms with Crippen molar-refractivity contribution >= 4 is 17.1 Å². The van der Waals surface area contributed by atoms with Crippen LogP contribution in [0.15, 0.2) is 30.3 Å². The van der Waals surface area contributed by atoms with Gasteiger partial charge < -0.3 is 9.47 Å². The fourth-order valence-corrected chi connectivity index (χ4v) is 5.72. The molecule has 6 heteroatoms. The number of nitrogens with zero attached hydrogens (tertiary/aromatic N) is 2. The molecular weight excluding hydrogens is 396 g/mol. The number of ether oxygens (including phenoxy) is 2. The first-order chi connectivity index (χ1) is 14.7. The number of hydrogen-bond donors (Lipinski definition) is 0. The van der Waals surface area contributed by atoms with Gasteiger partial charge in [-0.25, -0.2) is 0 Å². The second-order valence-corrected chi connectivity index (χ2v) is 9.61. The minimum Gasteiger partial charge on any atom is -0.493 e. The lowest BCUT2D eigenvalue weighted by Gasteiger charge is -2.31. The van der Waals surface area contributed by atoms with Gasteiger partial charge in [-0.2, -0.15) is 0 Å². The zero-order valence-electron chi connectivity index (χ0n) is 18.1. The SMILES string of the molecule is COc1ccc(C(=O)C2CCCN(Cc3ccc(CN4CCCC4)s3)C2)cc1OC. The number of rotatable bonds is 8. The molecule has 2 aromatic rings. The van der Waals surface area contributed by atoms with Crippen LogP contribution in [0.25, 0.3) is 0 Å². The van der Waals surface area contributed by atoms with E-state index in [9.17, 15) is 4.79 Å². The van der Waals surface area contributed by atoms with E-state index < -0.39 is 0 Å². The highest BCUT2D eigenvalue weighted by molar-refractivity contribution is 7.11. The van der Waals surface area contributed by atoms with Crippen molar-refractivity contribution in [1.29, 1.82) is 0 Å². The molecular formula is C24H32N2O3S. The van der Waals surface area contributed by atoms with E-state index in [1.54, 1.807) is 14.2 Å². The summed E-state index contributed by atoms with van der Waals surface area (Å²) in [4.78, 5) is 21.0. The molecule has 30 heavy (non-hydrogen) atoms. The lowest BCUT2D eigenvalue weighted by molar-refractivity contribution is 0.0812. The molecule has 1 aromatic carbocycles. The summed E-state index contributed by atoms with van der Waals surface area (Å²) in [5.41, 5.74) is 0.712. The Hall–Kier alpha value is -1.89. The summed E-state index contributed by atoms with van der Waals surface area (Å²) in [7, 11) is 3.22. The van der Waals surface area contributed by atoms with Crippen molar-refractivity contribution in [3.63, 3.8) is 0 Å². The molecule has 4 rings (SSSR count). The molecule has 0 radical (unpaired) electrons. The van der Waals surface area contributed by atoms with E-state index in [1.165, 1.54) is 35.7 Å². The largest absolute Gasteiger partial charge is 0.493 e. The number of likely N-dealkylation sites (tertiary alicyclic amines) is 2. The summed E-state index contributed by atoms with van der Waals surface area (Å²) in [6.07, 6.45) is 4.69. The first kappa shape index (κ1) is 21.3. The highest BCUT2D eigenvalue weighted by Gasteiger charge is 2.27. The maximum Gasteiger partial charge on any atom is 0.167 e. The van der Waals surface area contributed by atoms with Gasteiger partial charge in [0.05, 0.1) is 14.2 Å². The third kappa shape index (κ3) is 5.05. The van der Waals surface area contributed by atoms with Crippen molar-refractivity contribution in [3.05, 3.63) is 45.6 Å². The molecule has 3 heterocycles. The number of hydrogen-bond acceptors (Lipinski definition) is 6. The van der Waals surface area contributed by atoms with E-state index in [-0.39, 0.29) is 11.7 Å². The molecule has 162 valence electrons. The van der Waals surface area contributed by atoms with Crippen LogP contribution in [-0.2, 0) is 13.1 Å². The molecule has 2 aliphatic rings. The van der Waals surface area contributed by atoms with Gasteiger partial charge in [-0.3, -0.25) is 14.6 Å². The van der Waals surface area contributed by atoms with Gasteiger partial charge in [0, 0.05) is 40.9 Å². The van der Waals surface area contributed by atoms with Gasteiger partial charge in [-0.15, -0.1) is 11.3 Å². The first-order valence-corrected chi connectivity index (χ1v) is 11.8. The van der Waals surface area contributed by atoms with Crippen LogP contribution in [0.5, 0.6) is 11.5 Å². The maximum atomic E-state index is 13.1. The number of piperidine rings is 1. The molecule has 0 bridgehead atoms. The Kier molecular flexibility index (Phi) is 7.08. The van der Waals surface area contributed by atoms with Gasteiger partial charge in [0.2, 0.25) is 0 Å². The molecule has 0 saturated carbocycles. The fourth-order valence-electron chi connectivity index (χ4n) is 4.61. The predicted octanol–water partition coefficient (Wildman–Crippen LogP) is 4.46. The number of ketones is 1. The molecule has 1 aromatic heterocycles. The molecule has 0 spiro atoms. The van der Waals surface area contributed by atoms with E-state index >= 15 is 0 Å². The molecule has 2 aliphatic heterocycles. The zero-order chi connectivity index (χ0) is 20.9. The third-order valence-corrected chi connectivity index (χ3v) is 7.27. The van der Waals surface area contributed by atoms with Gasteiger partial charge in [-0.05, 0) is 75.6 Å². The van der Waals surface area contributed by atoms with Gasteiger partial charge in [0.15, 0.2) is 17.3 Å². The monoisotopic (exact) mass is 428 g/mol. The summed E-state index contributed by atoms with van der Waals surface area (Å²) >= 11 is 1.93. The van der Waals surface area contributed by atoms with Crippen molar-refractivity contribution in [3.8, 4) is 11.5 Å². The van der Waals surface area contributed by atoms with Crippen LogP contribution in [0.3, 0.4) is 0 Å². The average molecular weight is 429 g/mol. The van der Waals surface area contributed by atoms with E-state index in [0.29, 0.717) is 17.1 Å². The van der Waals surface area contributed by atoms with Gasteiger partial charge in [0.1, 0.15) is 0 Å². The van der Waals surface area contributed by atoms with Gasteiger partial charge >= 0.3 is 0 Å². The van der Waals surface area contributed by atoms with E-state index in [4.69, 9.17) is 9.47 Å². The van der Waals surface area contributed by atoms with Crippen LogP contribution in [0.4, 0.5) is 0 Å². The molecule has 0 N–H and O–H groups in total. The number of methoxy groups -OCH3 is 2. The van der Waals surface area contributed by atoms with Crippen LogP contribution in [0.2, 0.25) is 0 Å². The number of benzene rings is 1. The number of carbonyl (C=O) groups is 1. The van der Waals surface area contributed by atoms with E-state index in [1.807, 2.05) is 29.5 Å². The van der Waals surface area contributed by atoms with Crippen molar-refractivity contribution in [2.45, 2.75) is 38.8 Å². The molecule has 2 saturated heterocycles. The predicted molar refractivity (Wildman–Crippen MR) is 121 cm³/mol. The van der Waals surface area contributed by atoms with Crippen LogP contribution in [0, 0.1) is 5.92 Å². The van der Waals surface area contributed by atoms with Crippen molar-refractivity contribution < 1.29 is 14.3 Å². The highest BCUT2D eigenvalue weighted by atomic mass is 32.1. The van der Waals surface area contributed by atoms with Crippen LogP contribution < -0.4 is 9.47 Å². The van der Waals surface area contributed by atoms with Gasteiger partial charge in [-0.1, -0.05) is 0 Å². The molecule has 1 unspecified atom stereocenters. The topological polar surface area (TPSA) is 42.0 Å². The van der Waals surface area contributed by atoms with E-state index in [0.717, 1.165) is 39.0 Å². The maximum absolute atomic E-state index is 13.1. The van der Waals surface area contributed by atoms with Crippen LogP contribution in [0.1, 0.15) is 45.8 Å². The Morgan fingerprint density at radius 2 is 1.60 bits per heavy atom. The molecule has 0 amide bonds. The van der Waals surface area contributed by atoms with E-state index in [2.05, 4.69) is 21.9 Å². The second-order valence-electron chi connectivity index (χ2n) is 8.36. The number of carbonyl (C=O) groups excluding carboxylic acids is 1. The number of thiophene rings is 1. The van der Waals surface area contributed by atoms with Crippen molar-refractivity contribution in [1.82, 2.24) is 9.80 Å². The normalized spacial score (nSPS) is 20.4. The standard InChI is InChI=1S/C24H32N2O3S/c1-28-22-10-7-18(14-23(22)29-2)24(27)19-6-5-13-26(15-19)17-21-9-8-20(30-21)16-25-11-3-4-12-25/h7-10,14,19H,3-6,11-13,15-17H2,1-2H3. The zero-order valence-corrected chi connectivity index (χ0v) is 18.9. The van der Waals surface area contributed by atoms with Gasteiger partial charge in [0.25, 0.3) is 0 Å². The Bertz CT molecular complexity index is 860. The molecule has 0 aliphatic carbocycles. The fraction of sp³-hybridized carbons (Fsp3) is 0.542. The molecule has 5 nitrogen and oxygen atoms in total. The Morgan fingerprint density at radius 1 is 0.933 bits per heavy atom. The third-order valence-electron chi connectivity index (χ3n) is 6.22. The summed E-state index contributed by atoms with van der Waals surface area (Å²) in [5, 5.41) is 0. The average Bonchev–Trinajstić information content (AvgIpc) is 3.45. The molecule has 2 fully saturated rings.